The molecule has 4 N–H and O–H groups in total. The Morgan fingerprint density at radius 3 is 2.82 bits per heavy atom. The third kappa shape index (κ3) is 4.24. The van der Waals surface area contributed by atoms with Crippen molar-refractivity contribution >= 4 is 17.5 Å². The van der Waals surface area contributed by atoms with Crippen molar-refractivity contribution in [2.45, 2.75) is 25.8 Å². The van der Waals surface area contributed by atoms with Gasteiger partial charge >= 0.3 is 0 Å². The second-order valence-corrected chi connectivity index (χ2v) is 4.26. The van der Waals surface area contributed by atoms with Crippen LogP contribution in [0.25, 0.3) is 0 Å². The summed E-state index contributed by atoms with van der Waals surface area (Å²) in [6, 6.07) is 5.47. The molecule has 0 heterocycles. The summed E-state index contributed by atoms with van der Waals surface area (Å²) in [5, 5.41) is 0.465. The summed E-state index contributed by atoms with van der Waals surface area (Å²) in [5.41, 5.74) is 11.8. The number of ether oxygens (including phenoxy) is 1. The molecule has 17 heavy (non-hydrogen) atoms. The Bertz CT molecular complexity index is 396. The van der Waals surface area contributed by atoms with E-state index in [-0.39, 0.29) is 12.6 Å². The molecule has 1 atom stereocenters. The second-order valence-electron chi connectivity index (χ2n) is 3.86. The Balaban J connectivity index is 2.87. The molecule has 1 unspecified atom stereocenters. The number of nitrogens with two attached hydrogens (primary N) is 2. The minimum Gasteiger partial charge on any atom is -0.482 e. The molecule has 0 aliphatic heterocycles. The Kier molecular flexibility index (Phi) is 5.25. The van der Waals surface area contributed by atoms with E-state index in [1.54, 1.807) is 6.07 Å². The van der Waals surface area contributed by atoms with Crippen LogP contribution in [0.5, 0.6) is 5.75 Å². The number of hydrogen-bond donors (Lipinski definition) is 2. The fraction of sp³-hybridized carbons (Fsp3) is 0.417. The first kappa shape index (κ1) is 13.8. The van der Waals surface area contributed by atoms with E-state index in [0.717, 1.165) is 12.0 Å². The SMILES string of the molecule is CCC(N)Cc1cccc(Cl)c1OCC(N)=O. The molecule has 0 aliphatic rings. The van der Waals surface area contributed by atoms with E-state index >= 15 is 0 Å². The minimum absolute atomic E-state index is 0.0457. The van der Waals surface area contributed by atoms with Gasteiger partial charge in [-0.3, -0.25) is 4.79 Å². The molecule has 0 saturated heterocycles. The average Bonchev–Trinajstić information content (AvgIpc) is 2.27. The molecule has 1 aromatic carbocycles. The molecule has 1 aromatic rings. The summed E-state index contributed by atoms with van der Waals surface area (Å²) >= 11 is 6.02. The fourth-order valence-electron chi connectivity index (χ4n) is 1.45. The van der Waals surface area contributed by atoms with Crippen LogP contribution in [0.3, 0.4) is 0 Å². The normalized spacial score (nSPS) is 12.2. The highest BCUT2D eigenvalue weighted by Gasteiger charge is 2.12. The Labute approximate surface area is 106 Å². The van der Waals surface area contributed by atoms with Crippen LogP contribution in [0.1, 0.15) is 18.9 Å². The number of amides is 1. The van der Waals surface area contributed by atoms with Crippen LogP contribution >= 0.6 is 11.6 Å². The van der Waals surface area contributed by atoms with E-state index in [1.807, 2.05) is 19.1 Å². The van der Waals surface area contributed by atoms with Crippen molar-refractivity contribution < 1.29 is 9.53 Å². The first-order chi connectivity index (χ1) is 8.04. The van der Waals surface area contributed by atoms with E-state index in [2.05, 4.69) is 0 Å². The molecule has 0 aromatic heterocycles. The molecule has 0 saturated carbocycles. The Morgan fingerprint density at radius 2 is 2.24 bits per heavy atom. The van der Waals surface area contributed by atoms with Crippen molar-refractivity contribution in [3.05, 3.63) is 28.8 Å². The van der Waals surface area contributed by atoms with Gasteiger partial charge in [-0.05, 0) is 24.5 Å². The van der Waals surface area contributed by atoms with Gasteiger partial charge in [0.05, 0.1) is 5.02 Å². The van der Waals surface area contributed by atoms with Crippen molar-refractivity contribution in [1.82, 2.24) is 0 Å². The maximum Gasteiger partial charge on any atom is 0.255 e. The molecule has 1 amide bonds. The lowest BCUT2D eigenvalue weighted by atomic mass is 10.0. The number of benzene rings is 1. The lowest BCUT2D eigenvalue weighted by Gasteiger charge is -2.14. The van der Waals surface area contributed by atoms with Crippen LogP contribution in [-0.4, -0.2) is 18.6 Å². The zero-order valence-corrected chi connectivity index (χ0v) is 10.5. The molecule has 1 rings (SSSR count). The van der Waals surface area contributed by atoms with Gasteiger partial charge in [-0.15, -0.1) is 0 Å². The van der Waals surface area contributed by atoms with Crippen molar-refractivity contribution in [1.29, 1.82) is 0 Å². The van der Waals surface area contributed by atoms with Crippen molar-refractivity contribution in [3.8, 4) is 5.75 Å². The van der Waals surface area contributed by atoms with Crippen LogP contribution in [0, 0.1) is 0 Å². The van der Waals surface area contributed by atoms with Gasteiger partial charge in [-0.2, -0.15) is 0 Å². The number of para-hydroxylation sites is 1. The zero-order valence-electron chi connectivity index (χ0n) is 9.78. The zero-order chi connectivity index (χ0) is 12.8. The summed E-state index contributed by atoms with van der Waals surface area (Å²) < 4.78 is 5.31. The highest BCUT2D eigenvalue weighted by molar-refractivity contribution is 6.32. The van der Waals surface area contributed by atoms with Gasteiger partial charge < -0.3 is 16.2 Å². The van der Waals surface area contributed by atoms with Crippen molar-refractivity contribution in [2.24, 2.45) is 11.5 Å². The third-order valence-electron chi connectivity index (χ3n) is 2.41. The predicted octanol–water partition coefficient (Wildman–Crippen LogP) is 1.48. The quantitative estimate of drug-likeness (QED) is 0.809. The molecular formula is C12H17ClN2O2. The number of carbonyl (C=O) groups excluding carboxylic acids is 1. The van der Waals surface area contributed by atoms with Gasteiger partial charge in [0.15, 0.2) is 6.61 Å². The van der Waals surface area contributed by atoms with Gasteiger partial charge in [-0.1, -0.05) is 30.7 Å². The number of halogens is 1. The third-order valence-corrected chi connectivity index (χ3v) is 2.71. The number of carbonyl (C=O) groups is 1. The first-order valence-electron chi connectivity index (χ1n) is 5.48. The van der Waals surface area contributed by atoms with E-state index < -0.39 is 5.91 Å². The molecule has 0 radical (unpaired) electrons. The summed E-state index contributed by atoms with van der Waals surface area (Å²) in [5.74, 6) is -0.0347. The molecule has 0 aliphatic carbocycles. The monoisotopic (exact) mass is 256 g/mol. The van der Waals surface area contributed by atoms with E-state index in [4.69, 9.17) is 27.8 Å². The fourth-order valence-corrected chi connectivity index (χ4v) is 1.69. The number of hydrogen-bond acceptors (Lipinski definition) is 3. The highest BCUT2D eigenvalue weighted by atomic mass is 35.5. The van der Waals surface area contributed by atoms with Gasteiger partial charge in [0.1, 0.15) is 5.75 Å². The maximum absolute atomic E-state index is 10.7. The summed E-state index contributed by atoms with van der Waals surface area (Å²) in [4.78, 5) is 10.7. The van der Waals surface area contributed by atoms with E-state index in [1.165, 1.54) is 0 Å². The van der Waals surface area contributed by atoms with E-state index in [9.17, 15) is 4.79 Å². The molecule has 94 valence electrons. The molecule has 0 spiro atoms. The lowest BCUT2D eigenvalue weighted by Crippen LogP contribution is -2.23. The van der Waals surface area contributed by atoms with Crippen LogP contribution < -0.4 is 16.2 Å². The van der Waals surface area contributed by atoms with Crippen LogP contribution in [0.15, 0.2) is 18.2 Å². The maximum atomic E-state index is 10.7. The summed E-state index contributed by atoms with van der Waals surface area (Å²) in [6.07, 6.45) is 1.52. The number of primary amides is 1. The van der Waals surface area contributed by atoms with Crippen LogP contribution in [0.2, 0.25) is 5.02 Å². The summed E-state index contributed by atoms with van der Waals surface area (Å²) in [6.45, 7) is 1.83. The average molecular weight is 257 g/mol. The van der Waals surface area contributed by atoms with Gasteiger partial charge in [-0.25, -0.2) is 0 Å². The van der Waals surface area contributed by atoms with Gasteiger partial charge in [0.25, 0.3) is 5.91 Å². The second kappa shape index (κ2) is 6.47. The van der Waals surface area contributed by atoms with Crippen molar-refractivity contribution in [2.75, 3.05) is 6.61 Å². The standard InChI is InChI=1S/C12H17ClN2O2/c1-2-9(14)6-8-4-3-5-10(13)12(8)17-7-11(15)16/h3-5,9H,2,6-7,14H2,1H3,(H2,15,16). The lowest BCUT2D eigenvalue weighted by molar-refractivity contribution is -0.119. The smallest absolute Gasteiger partial charge is 0.255 e. The van der Waals surface area contributed by atoms with Gasteiger partial charge in [0, 0.05) is 6.04 Å². The summed E-state index contributed by atoms with van der Waals surface area (Å²) in [7, 11) is 0. The minimum atomic E-state index is -0.532. The first-order valence-corrected chi connectivity index (χ1v) is 5.86. The van der Waals surface area contributed by atoms with E-state index in [0.29, 0.717) is 17.2 Å². The molecular weight excluding hydrogens is 240 g/mol. The highest BCUT2D eigenvalue weighted by Crippen LogP contribution is 2.29. The van der Waals surface area contributed by atoms with Crippen LogP contribution in [0.4, 0.5) is 0 Å². The largest absolute Gasteiger partial charge is 0.482 e. The Morgan fingerprint density at radius 1 is 1.53 bits per heavy atom. The van der Waals surface area contributed by atoms with Gasteiger partial charge in [0.2, 0.25) is 0 Å². The topological polar surface area (TPSA) is 78.3 Å². The Hall–Kier alpha value is -1.26. The molecule has 0 bridgehead atoms. The molecule has 4 nitrogen and oxygen atoms in total. The van der Waals surface area contributed by atoms with Crippen LogP contribution in [-0.2, 0) is 11.2 Å². The predicted molar refractivity (Wildman–Crippen MR) is 68.1 cm³/mol. The molecule has 5 heteroatoms. The number of rotatable bonds is 6. The molecule has 0 fully saturated rings. The van der Waals surface area contributed by atoms with Crippen molar-refractivity contribution in [3.63, 3.8) is 0 Å².